The average molecular weight is 628 g/mol. The first-order valence-corrected chi connectivity index (χ1v) is 11.5. The maximum absolute atomic E-state index is 12.5. The van der Waals surface area contributed by atoms with E-state index in [1.54, 1.807) is 30.3 Å². The highest BCUT2D eigenvalue weighted by Crippen LogP contribution is 2.33. The number of halogens is 4. The minimum absolute atomic E-state index is 0.0208. The molecule has 0 heterocycles. The molecule has 156 valence electrons. The van der Waals surface area contributed by atoms with Crippen LogP contribution in [-0.2, 0) is 11.4 Å². The predicted molar refractivity (Wildman–Crippen MR) is 136 cm³/mol. The van der Waals surface area contributed by atoms with E-state index >= 15 is 0 Å². The molecular weight excluding hydrogens is 614 g/mol. The largest absolute Gasteiger partial charge is 0.487 e. The summed E-state index contributed by atoms with van der Waals surface area (Å²) in [5, 5.41) is 13.4. The lowest BCUT2D eigenvalue weighted by molar-refractivity contribution is -0.112. The molecule has 0 aliphatic rings. The molecule has 0 saturated carbocycles. The molecule has 3 rings (SSSR count). The zero-order valence-electron chi connectivity index (χ0n) is 15.8. The highest BCUT2D eigenvalue weighted by Gasteiger charge is 2.13. The summed E-state index contributed by atoms with van der Waals surface area (Å²) in [5.41, 5.74) is 2.21. The number of nitriles is 1. The quantitative estimate of drug-likeness (QED) is 0.175. The minimum Gasteiger partial charge on any atom is -0.487 e. The Morgan fingerprint density at radius 3 is 2.29 bits per heavy atom. The molecular formula is C23H14BrCl2IN2O2. The van der Waals surface area contributed by atoms with Crippen molar-refractivity contribution in [2.24, 2.45) is 0 Å². The molecule has 4 nitrogen and oxygen atoms in total. The number of nitrogens with zero attached hydrogens (tertiary/aromatic N) is 1. The van der Waals surface area contributed by atoms with Crippen molar-refractivity contribution in [3.63, 3.8) is 0 Å². The topological polar surface area (TPSA) is 62.1 Å². The van der Waals surface area contributed by atoms with E-state index < -0.39 is 5.91 Å². The molecule has 1 amide bonds. The van der Waals surface area contributed by atoms with Crippen molar-refractivity contribution >= 4 is 79.4 Å². The molecule has 8 heteroatoms. The summed E-state index contributed by atoms with van der Waals surface area (Å²) in [7, 11) is 0. The number of carbonyl (C=O) groups excluding carboxylic acids is 1. The van der Waals surface area contributed by atoms with Crippen LogP contribution in [0.15, 0.2) is 70.7 Å². The predicted octanol–water partition coefficient (Wildman–Crippen LogP) is 7.49. The Bertz CT molecular complexity index is 1150. The van der Waals surface area contributed by atoms with Gasteiger partial charge < -0.3 is 10.1 Å². The number of carbonyl (C=O) groups is 1. The lowest BCUT2D eigenvalue weighted by atomic mass is 10.1. The summed E-state index contributed by atoms with van der Waals surface area (Å²) in [4.78, 5) is 12.5. The third kappa shape index (κ3) is 6.71. The Hall–Kier alpha value is -2.05. The van der Waals surface area contributed by atoms with Gasteiger partial charge in [-0.15, -0.1) is 0 Å². The smallest absolute Gasteiger partial charge is 0.266 e. The van der Waals surface area contributed by atoms with E-state index in [0.717, 1.165) is 13.6 Å². The molecule has 1 N–H and O–H groups in total. The van der Waals surface area contributed by atoms with Crippen LogP contribution in [-0.4, -0.2) is 5.91 Å². The van der Waals surface area contributed by atoms with Crippen molar-refractivity contribution in [3.05, 3.63) is 95.5 Å². The van der Waals surface area contributed by atoms with Crippen molar-refractivity contribution < 1.29 is 9.53 Å². The number of hydrogen-bond donors (Lipinski definition) is 1. The van der Waals surface area contributed by atoms with Gasteiger partial charge in [0, 0.05) is 15.7 Å². The Labute approximate surface area is 212 Å². The van der Waals surface area contributed by atoms with Gasteiger partial charge >= 0.3 is 0 Å². The van der Waals surface area contributed by atoms with Crippen molar-refractivity contribution in [2.45, 2.75) is 6.61 Å². The number of benzene rings is 3. The molecule has 0 unspecified atom stereocenters. The monoisotopic (exact) mass is 626 g/mol. The van der Waals surface area contributed by atoms with E-state index in [1.165, 1.54) is 6.08 Å². The van der Waals surface area contributed by atoms with Gasteiger partial charge in [0.25, 0.3) is 5.91 Å². The lowest BCUT2D eigenvalue weighted by Crippen LogP contribution is -2.13. The van der Waals surface area contributed by atoms with Gasteiger partial charge in [0.15, 0.2) is 0 Å². The van der Waals surface area contributed by atoms with Crippen molar-refractivity contribution in [1.29, 1.82) is 5.26 Å². The molecule has 3 aromatic carbocycles. The lowest BCUT2D eigenvalue weighted by Gasteiger charge is -2.12. The summed E-state index contributed by atoms with van der Waals surface area (Å²) in [6.45, 7) is 0.383. The molecule has 3 aromatic rings. The fourth-order valence-electron chi connectivity index (χ4n) is 2.58. The van der Waals surface area contributed by atoms with Gasteiger partial charge in [-0.1, -0.05) is 35.3 Å². The van der Waals surface area contributed by atoms with Gasteiger partial charge in [0.2, 0.25) is 0 Å². The minimum atomic E-state index is -0.501. The van der Waals surface area contributed by atoms with Gasteiger partial charge in [-0.25, -0.2) is 0 Å². The van der Waals surface area contributed by atoms with E-state index in [9.17, 15) is 10.1 Å². The van der Waals surface area contributed by atoms with Gasteiger partial charge in [-0.2, -0.15) is 5.26 Å². The maximum Gasteiger partial charge on any atom is 0.266 e. The average Bonchev–Trinajstić information content (AvgIpc) is 2.74. The number of nitrogens with one attached hydrogen (secondary N) is 1. The zero-order valence-corrected chi connectivity index (χ0v) is 21.1. The molecule has 0 saturated heterocycles. The summed E-state index contributed by atoms with van der Waals surface area (Å²) >= 11 is 17.4. The van der Waals surface area contributed by atoms with Crippen LogP contribution < -0.4 is 10.1 Å². The number of anilines is 1. The number of amides is 1. The maximum atomic E-state index is 12.5. The molecule has 0 spiro atoms. The normalized spacial score (nSPS) is 11.0. The Balaban J connectivity index is 1.76. The number of hydrogen-bond acceptors (Lipinski definition) is 3. The van der Waals surface area contributed by atoms with Crippen LogP contribution in [0.4, 0.5) is 5.69 Å². The van der Waals surface area contributed by atoms with Gasteiger partial charge in [0.05, 0.1) is 8.04 Å². The fraction of sp³-hybridized carbons (Fsp3) is 0.0435. The first kappa shape index (κ1) is 23.6. The van der Waals surface area contributed by atoms with Gasteiger partial charge in [-0.3, -0.25) is 4.79 Å². The zero-order chi connectivity index (χ0) is 22.4. The van der Waals surface area contributed by atoms with Gasteiger partial charge in [-0.05, 0) is 104 Å². The van der Waals surface area contributed by atoms with Crippen LogP contribution >= 0.6 is 61.7 Å². The third-order valence-electron chi connectivity index (χ3n) is 4.10. The molecule has 31 heavy (non-hydrogen) atoms. The molecule has 0 aliphatic carbocycles. The van der Waals surface area contributed by atoms with Crippen LogP contribution in [0.5, 0.6) is 5.75 Å². The molecule has 0 radical (unpaired) electrons. The second-order valence-corrected chi connectivity index (χ2v) is 9.25. The highest BCUT2D eigenvalue weighted by molar-refractivity contribution is 14.1. The van der Waals surface area contributed by atoms with Crippen LogP contribution in [0.3, 0.4) is 0 Å². The van der Waals surface area contributed by atoms with Crippen molar-refractivity contribution in [2.75, 3.05) is 5.32 Å². The Kier molecular flexibility index (Phi) is 8.38. The highest BCUT2D eigenvalue weighted by atomic mass is 127. The van der Waals surface area contributed by atoms with E-state index in [4.69, 9.17) is 27.9 Å². The van der Waals surface area contributed by atoms with E-state index in [0.29, 0.717) is 33.7 Å². The fourth-order valence-corrected chi connectivity index (χ4v) is 4.60. The molecule has 0 fully saturated rings. The van der Waals surface area contributed by atoms with Crippen LogP contribution in [0.25, 0.3) is 6.08 Å². The third-order valence-corrected chi connectivity index (χ3v) is 5.99. The second-order valence-electron chi connectivity index (χ2n) is 6.36. The van der Waals surface area contributed by atoms with Gasteiger partial charge in [0.1, 0.15) is 24.0 Å². The standard InChI is InChI=1S/C23H14BrCl2IN2O2/c24-20-10-15(9-16(12-28)23(30)29-19-7-5-18(26)6-8-19)11-21(27)22(20)31-13-14-1-3-17(25)4-2-14/h1-11H,13H2,(H,29,30)/b16-9-. The molecule has 0 atom stereocenters. The Morgan fingerprint density at radius 2 is 1.71 bits per heavy atom. The first-order valence-electron chi connectivity index (χ1n) is 8.90. The van der Waals surface area contributed by atoms with Crippen LogP contribution in [0.2, 0.25) is 10.0 Å². The summed E-state index contributed by atoms with van der Waals surface area (Å²) in [6, 6.07) is 19.7. The second kappa shape index (κ2) is 11.0. The summed E-state index contributed by atoms with van der Waals surface area (Å²) < 4.78 is 7.50. The van der Waals surface area contributed by atoms with Crippen molar-refractivity contribution in [3.8, 4) is 11.8 Å². The Morgan fingerprint density at radius 1 is 1.10 bits per heavy atom. The summed E-state index contributed by atoms with van der Waals surface area (Å²) in [6.07, 6.45) is 1.53. The summed E-state index contributed by atoms with van der Waals surface area (Å²) in [5.74, 6) is 0.177. The van der Waals surface area contributed by atoms with Crippen LogP contribution in [0, 0.1) is 14.9 Å². The number of rotatable bonds is 6. The van der Waals surface area contributed by atoms with Crippen LogP contribution in [0.1, 0.15) is 11.1 Å². The van der Waals surface area contributed by atoms with E-state index in [2.05, 4.69) is 43.8 Å². The number of ether oxygens (including phenoxy) is 1. The molecule has 0 aliphatic heterocycles. The van der Waals surface area contributed by atoms with Crippen molar-refractivity contribution in [1.82, 2.24) is 0 Å². The van der Waals surface area contributed by atoms with E-state index in [-0.39, 0.29) is 5.57 Å². The first-order chi connectivity index (χ1) is 14.9. The van der Waals surface area contributed by atoms with E-state index in [1.807, 2.05) is 36.4 Å². The SMILES string of the molecule is N#C/C(=C/c1cc(Br)c(OCc2ccc(Cl)cc2)c(I)c1)C(=O)Nc1ccc(Cl)cc1. The molecule has 0 aromatic heterocycles. The molecule has 0 bridgehead atoms.